The van der Waals surface area contributed by atoms with Crippen LogP contribution in [-0.2, 0) is 4.79 Å². The maximum Gasteiger partial charge on any atom is 0.357 e. The maximum atomic E-state index is 11.5. The van der Waals surface area contributed by atoms with E-state index in [-0.39, 0.29) is 5.92 Å². The van der Waals surface area contributed by atoms with Gasteiger partial charge in [-0.25, -0.2) is 9.21 Å². The van der Waals surface area contributed by atoms with Crippen LogP contribution in [-0.4, -0.2) is 26.3 Å². The minimum absolute atomic E-state index is 0.0924. The van der Waals surface area contributed by atoms with Gasteiger partial charge in [-0.3, -0.25) is 4.79 Å². The third kappa shape index (κ3) is 1.20. The van der Waals surface area contributed by atoms with Crippen LogP contribution in [0.4, 0.5) is 4.79 Å². The number of amides is 3. The molecule has 0 aromatic carbocycles. The molecule has 0 radical (unpaired) electrons. The fraction of sp³-hybridized carbons (Fsp3) is 0.714. The molecule has 0 aromatic rings. The summed E-state index contributed by atoms with van der Waals surface area (Å²) in [7, 11) is 0. The van der Waals surface area contributed by atoms with Gasteiger partial charge in [0.15, 0.2) is 0 Å². The fourth-order valence-corrected chi connectivity index (χ4v) is 1.75. The zero-order chi connectivity index (χ0) is 10.4. The summed E-state index contributed by atoms with van der Waals surface area (Å²) in [6.07, 6.45) is 0. The third-order valence-electron chi connectivity index (χ3n) is 2.48. The van der Waals surface area contributed by atoms with E-state index in [1.54, 1.807) is 20.8 Å². The summed E-state index contributed by atoms with van der Waals surface area (Å²) in [5.41, 5.74) is -1.04. The van der Waals surface area contributed by atoms with E-state index in [0.29, 0.717) is 4.42 Å². The van der Waals surface area contributed by atoms with Gasteiger partial charge in [0.05, 0.1) is 0 Å². The van der Waals surface area contributed by atoms with Crippen LogP contribution in [0.15, 0.2) is 0 Å². The largest absolute Gasteiger partial charge is 0.357 e. The number of carbonyl (C=O) groups is 2. The number of rotatable bonds is 1. The standard InChI is InChI=1S/C7H10Cl2N2O2/c1-4(2)7(3)5(12)10(8)6(13)11(7)9/h4H,1-3H3. The molecule has 4 nitrogen and oxygen atoms in total. The summed E-state index contributed by atoms with van der Waals surface area (Å²) >= 11 is 11.1. The Labute approximate surface area is 86.6 Å². The van der Waals surface area contributed by atoms with E-state index in [1.807, 2.05) is 0 Å². The Morgan fingerprint density at radius 2 is 1.77 bits per heavy atom. The van der Waals surface area contributed by atoms with Crippen molar-refractivity contribution in [2.45, 2.75) is 26.3 Å². The lowest BCUT2D eigenvalue weighted by molar-refractivity contribution is -0.130. The summed E-state index contributed by atoms with van der Waals surface area (Å²) in [5, 5.41) is 0. The van der Waals surface area contributed by atoms with Crippen molar-refractivity contribution in [2.24, 2.45) is 5.92 Å². The predicted molar refractivity (Wildman–Crippen MR) is 49.0 cm³/mol. The second-order valence-corrected chi connectivity index (χ2v) is 4.13. The minimum Gasteiger partial charge on any atom is -0.270 e. The first kappa shape index (κ1) is 10.6. The molecule has 1 saturated heterocycles. The highest BCUT2D eigenvalue weighted by atomic mass is 35.5. The van der Waals surface area contributed by atoms with Gasteiger partial charge in [-0.05, 0) is 12.8 Å². The Morgan fingerprint density at radius 3 is 1.92 bits per heavy atom. The molecule has 0 aromatic heterocycles. The molecular formula is C7H10Cl2N2O2. The average molecular weight is 225 g/mol. The SMILES string of the molecule is CC(C)C1(C)C(=O)N(Cl)C(=O)N1Cl. The molecule has 1 aliphatic rings. The first-order valence-corrected chi connectivity index (χ1v) is 4.51. The molecule has 1 unspecified atom stereocenters. The van der Waals surface area contributed by atoms with Crippen LogP contribution in [0.2, 0.25) is 0 Å². The van der Waals surface area contributed by atoms with Crippen LogP contribution >= 0.6 is 23.6 Å². The molecule has 3 amide bonds. The van der Waals surface area contributed by atoms with E-state index in [1.165, 1.54) is 0 Å². The average Bonchev–Trinajstić information content (AvgIpc) is 2.22. The van der Waals surface area contributed by atoms with Crippen LogP contribution in [0.1, 0.15) is 20.8 Å². The van der Waals surface area contributed by atoms with Crippen LogP contribution in [0.3, 0.4) is 0 Å². The van der Waals surface area contributed by atoms with Crippen molar-refractivity contribution in [3.05, 3.63) is 0 Å². The molecule has 0 aliphatic carbocycles. The van der Waals surface area contributed by atoms with Crippen molar-refractivity contribution >= 4 is 35.5 Å². The van der Waals surface area contributed by atoms with Crippen molar-refractivity contribution in [2.75, 3.05) is 0 Å². The van der Waals surface area contributed by atoms with Gasteiger partial charge in [-0.1, -0.05) is 13.8 Å². The Kier molecular flexibility index (Phi) is 2.47. The van der Waals surface area contributed by atoms with E-state index in [0.717, 1.165) is 4.42 Å². The molecule has 1 fully saturated rings. The number of hydrogen-bond acceptors (Lipinski definition) is 2. The number of imide groups is 1. The van der Waals surface area contributed by atoms with Crippen molar-refractivity contribution in [1.29, 1.82) is 0 Å². The monoisotopic (exact) mass is 224 g/mol. The molecule has 1 heterocycles. The fourth-order valence-electron chi connectivity index (χ4n) is 1.12. The molecule has 0 bridgehead atoms. The summed E-state index contributed by atoms with van der Waals surface area (Å²) in [6, 6.07) is -0.690. The summed E-state index contributed by atoms with van der Waals surface area (Å²) < 4.78 is 1.38. The van der Waals surface area contributed by atoms with Crippen molar-refractivity contribution in [3.63, 3.8) is 0 Å². The molecule has 6 heteroatoms. The Morgan fingerprint density at radius 1 is 1.31 bits per heavy atom. The van der Waals surface area contributed by atoms with Gasteiger partial charge in [-0.2, -0.15) is 4.42 Å². The zero-order valence-electron chi connectivity index (χ0n) is 7.54. The second kappa shape index (κ2) is 3.03. The number of hydrogen-bond donors (Lipinski definition) is 0. The van der Waals surface area contributed by atoms with E-state index in [9.17, 15) is 9.59 Å². The topological polar surface area (TPSA) is 40.6 Å². The van der Waals surface area contributed by atoms with Gasteiger partial charge in [0.2, 0.25) is 0 Å². The van der Waals surface area contributed by atoms with Gasteiger partial charge in [0.1, 0.15) is 5.54 Å². The van der Waals surface area contributed by atoms with Crippen LogP contribution < -0.4 is 0 Å². The lowest BCUT2D eigenvalue weighted by atomic mass is 9.89. The van der Waals surface area contributed by atoms with Crippen LogP contribution in [0, 0.1) is 5.92 Å². The highest BCUT2D eigenvalue weighted by molar-refractivity contribution is 6.39. The predicted octanol–water partition coefficient (Wildman–Crippen LogP) is 1.97. The van der Waals surface area contributed by atoms with E-state index >= 15 is 0 Å². The Balaban J connectivity index is 3.13. The van der Waals surface area contributed by atoms with Crippen molar-refractivity contribution in [1.82, 2.24) is 8.84 Å². The number of urea groups is 1. The second-order valence-electron chi connectivity index (χ2n) is 3.45. The number of halogens is 2. The molecule has 74 valence electrons. The van der Waals surface area contributed by atoms with E-state index < -0.39 is 17.5 Å². The van der Waals surface area contributed by atoms with E-state index in [4.69, 9.17) is 23.6 Å². The molecule has 0 saturated carbocycles. The lowest BCUT2D eigenvalue weighted by Gasteiger charge is -2.29. The maximum absolute atomic E-state index is 11.5. The first-order valence-electron chi connectivity index (χ1n) is 3.83. The quantitative estimate of drug-likeness (QED) is 0.505. The van der Waals surface area contributed by atoms with Gasteiger partial charge in [-0.15, -0.1) is 0 Å². The third-order valence-corrected chi connectivity index (χ3v) is 3.27. The van der Waals surface area contributed by atoms with Gasteiger partial charge in [0.25, 0.3) is 5.91 Å². The highest BCUT2D eigenvalue weighted by Crippen LogP contribution is 2.36. The minimum atomic E-state index is -1.04. The normalized spacial score (nSPS) is 29.4. The van der Waals surface area contributed by atoms with E-state index in [2.05, 4.69) is 0 Å². The van der Waals surface area contributed by atoms with Gasteiger partial charge in [0, 0.05) is 23.6 Å². The smallest absolute Gasteiger partial charge is 0.270 e. The summed E-state index contributed by atoms with van der Waals surface area (Å²) in [4.78, 5) is 22.7. The number of nitrogens with zero attached hydrogens (tertiary/aromatic N) is 2. The zero-order valence-corrected chi connectivity index (χ0v) is 9.06. The summed E-state index contributed by atoms with van der Waals surface area (Å²) in [5.74, 6) is -0.575. The molecule has 1 rings (SSSR count). The van der Waals surface area contributed by atoms with Gasteiger partial charge < -0.3 is 0 Å². The molecule has 0 N–H and O–H groups in total. The molecule has 1 aliphatic heterocycles. The lowest BCUT2D eigenvalue weighted by Crippen LogP contribution is -2.46. The van der Waals surface area contributed by atoms with Gasteiger partial charge >= 0.3 is 6.03 Å². The Hall–Kier alpha value is -0.480. The van der Waals surface area contributed by atoms with Crippen LogP contribution in [0.25, 0.3) is 0 Å². The molecule has 0 spiro atoms. The molecule has 1 atom stereocenters. The van der Waals surface area contributed by atoms with Crippen molar-refractivity contribution in [3.8, 4) is 0 Å². The van der Waals surface area contributed by atoms with Crippen molar-refractivity contribution < 1.29 is 9.59 Å². The molecular weight excluding hydrogens is 215 g/mol. The molecule has 13 heavy (non-hydrogen) atoms. The first-order chi connectivity index (χ1) is 5.83. The Bertz CT molecular complexity index is 269. The highest BCUT2D eigenvalue weighted by Gasteiger charge is 2.55. The number of carbonyl (C=O) groups excluding carboxylic acids is 2. The van der Waals surface area contributed by atoms with Crippen LogP contribution in [0.5, 0.6) is 0 Å². The summed E-state index contributed by atoms with van der Waals surface area (Å²) in [6.45, 7) is 5.19.